The van der Waals surface area contributed by atoms with Gasteiger partial charge in [-0.2, -0.15) is 4.37 Å². The highest BCUT2D eigenvalue weighted by atomic mass is 32.1. The molecule has 1 aliphatic rings. The minimum atomic E-state index is -0.814. The molecule has 0 amide bonds. The first-order chi connectivity index (χ1) is 9.20. The molecule has 1 fully saturated rings. The average molecular weight is 283 g/mol. The number of anilines is 1. The van der Waals surface area contributed by atoms with Crippen molar-refractivity contribution in [3.05, 3.63) is 5.82 Å². The summed E-state index contributed by atoms with van der Waals surface area (Å²) in [6, 6.07) is -0.552. The summed E-state index contributed by atoms with van der Waals surface area (Å²) in [6.45, 7) is 2.06. The lowest BCUT2D eigenvalue weighted by Gasteiger charge is -2.12. The quantitative estimate of drug-likeness (QED) is 0.803. The van der Waals surface area contributed by atoms with Crippen LogP contribution in [0.25, 0.3) is 0 Å². The second kappa shape index (κ2) is 6.84. The molecule has 0 aliphatic heterocycles. The van der Waals surface area contributed by atoms with E-state index in [9.17, 15) is 9.90 Å². The molecule has 0 radical (unpaired) electrons. The average Bonchev–Trinajstić information content (AvgIpc) is 3.04. The van der Waals surface area contributed by atoms with Gasteiger partial charge < -0.3 is 10.4 Å². The summed E-state index contributed by atoms with van der Waals surface area (Å²) in [5, 5.41) is 12.8. The van der Waals surface area contributed by atoms with E-state index in [1.165, 1.54) is 24.4 Å². The van der Waals surface area contributed by atoms with Gasteiger partial charge in [0.05, 0.1) is 0 Å². The Labute approximate surface area is 117 Å². The topological polar surface area (TPSA) is 75.1 Å². The molecule has 19 heavy (non-hydrogen) atoms. The van der Waals surface area contributed by atoms with E-state index >= 15 is 0 Å². The molecular weight excluding hydrogens is 262 g/mol. The first-order valence-corrected chi connectivity index (χ1v) is 7.81. The molecule has 0 spiro atoms. The van der Waals surface area contributed by atoms with Gasteiger partial charge in [0.2, 0.25) is 5.13 Å². The smallest absolute Gasteiger partial charge is 0.326 e. The third-order valence-corrected chi connectivity index (χ3v) is 4.26. The Morgan fingerprint density at radius 1 is 1.53 bits per heavy atom. The molecule has 2 rings (SSSR count). The van der Waals surface area contributed by atoms with Crippen LogP contribution in [0.3, 0.4) is 0 Å². The highest BCUT2D eigenvalue weighted by molar-refractivity contribution is 7.09. The zero-order valence-corrected chi connectivity index (χ0v) is 12.1. The molecule has 1 unspecified atom stereocenters. The van der Waals surface area contributed by atoms with Crippen LogP contribution in [0.2, 0.25) is 0 Å². The van der Waals surface area contributed by atoms with Crippen LogP contribution in [0.4, 0.5) is 5.13 Å². The van der Waals surface area contributed by atoms with Crippen molar-refractivity contribution in [3.63, 3.8) is 0 Å². The molecule has 5 nitrogen and oxygen atoms in total. The van der Waals surface area contributed by atoms with Crippen LogP contribution in [0.15, 0.2) is 0 Å². The maximum absolute atomic E-state index is 11.2. The third kappa shape index (κ3) is 3.89. The molecule has 1 atom stereocenters. The van der Waals surface area contributed by atoms with E-state index in [0.717, 1.165) is 31.5 Å². The number of unbranched alkanes of at least 4 members (excludes halogenated alkanes) is 1. The summed E-state index contributed by atoms with van der Waals surface area (Å²) >= 11 is 1.28. The molecule has 0 bridgehead atoms. The predicted octanol–water partition coefficient (Wildman–Crippen LogP) is 3.25. The van der Waals surface area contributed by atoms with E-state index < -0.39 is 12.0 Å². The van der Waals surface area contributed by atoms with Crippen molar-refractivity contribution in [2.75, 3.05) is 5.32 Å². The van der Waals surface area contributed by atoms with E-state index in [1.54, 1.807) is 0 Å². The minimum absolute atomic E-state index is 0.478. The van der Waals surface area contributed by atoms with Crippen LogP contribution in [-0.4, -0.2) is 26.5 Å². The van der Waals surface area contributed by atoms with E-state index in [2.05, 4.69) is 21.6 Å². The van der Waals surface area contributed by atoms with Crippen LogP contribution in [-0.2, 0) is 4.79 Å². The lowest BCUT2D eigenvalue weighted by molar-refractivity contribution is -0.138. The number of carbonyl (C=O) groups is 1. The number of hydrogen-bond donors (Lipinski definition) is 2. The van der Waals surface area contributed by atoms with Gasteiger partial charge in [0.15, 0.2) is 0 Å². The van der Waals surface area contributed by atoms with Crippen LogP contribution in [0.1, 0.15) is 63.6 Å². The number of nitrogens with one attached hydrogen (secondary N) is 1. The van der Waals surface area contributed by atoms with Crippen molar-refractivity contribution in [1.82, 2.24) is 9.36 Å². The Morgan fingerprint density at radius 2 is 2.26 bits per heavy atom. The Bertz CT molecular complexity index is 416. The molecule has 1 aliphatic carbocycles. The molecule has 2 N–H and O–H groups in total. The van der Waals surface area contributed by atoms with Crippen molar-refractivity contribution < 1.29 is 9.90 Å². The molecule has 1 aromatic rings. The number of aromatic nitrogens is 2. The van der Waals surface area contributed by atoms with Crippen molar-refractivity contribution in [2.24, 2.45) is 0 Å². The SMILES string of the molecule is CCCCC(Nc1nc(C2CCCC2)ns1)C(=O)O. The Balaban J connectivity index is 1.95. The van der Waals surface area contributed by atoms with Crippen LogP contribution >= 0.6 is 11.5 Å². The standard InChI is InChI=1S/C13H21N3O2S/c1-2-3-8-10(12(17)18)14-13-15-11(16-19-13)9-6-4-5-7-9/h9-10H,2-8H2,1H3,(H,17,18)(H,14,15,16). The highest BCUT2D eigenvalue weighted by Crippen LogP contribution is 2.33. The number of hydrogen-bond acceptors (Lipinski definition) is 5. The zero-order valence-electron chi connectivity index (χ0n) is 11.3. The van der Waals surface area contributed by atoms with Crippen molar-refractivity contribution in [1.29, 1.82) is 0 Å². The molecule has 106 valence electrons. The van der Waals surface area contributed by atoms with E-state index in [1.807, 2.05) is 0 Å². The van der Waals surface area contributed by atoms with E-state index in [0.29, 0.717) is 17.5 Å². The van der Waals surface area contributed by atoms with Gasteiger partial charge in [-0.25, -0.2) is 9.78 Å². The minimum Gasteiger partial charge on any atom is -0.480 e. The van der Waals surface area contributed by atoms with Crippen molar-refractivity contribution >= 4 is 22.6 Å². The largest absolute Gasteiger partial charge is 0.480 e. The monoisotopic (exact) mass is 283 g/mol. The first-order valence-electron chi connectivity index (χ1n) is 7.03. The zero-order chi connectivity index (χ0) is 13.7. The van der Waals surface area contributed by atoms with Crippen LogP contribution in [0.5, 0.6) is 0 Å². The third-order valence-electron chi connectivity index (χ3n) is 3.60. The van der Waals surface area contributed by atoms with Gasteiger partial charge in [-0.05, 0) is 19.3 Å². The summed E-state index contributed by atoms with van der Waals surface area (Å²) in [6.07, 6.45) is 7.35. The molecule has 0 saturated heterocycles. The van der Waals surface area contributed by atoms with E-state index in [-0.39, 0.29) is 0 Å². The first kappa shape index (κ1) is 14.2. The molecule has 1 saturated carbocycles. The van der Waals surface area contributed by atoms with Gasteiger partial charge in [-0.1, -0.05) is 32.6 Å². The van der Waals surface area contributed by atoms with E-state index in [4.69, 9.17) is 0 Å². The van der Waals surface area contributed by atoms with Gasteiger partial charge in [-0.15, -0.1) is 0 Å². The summed E-state index contributed by atoms with van der Waals surface area (Å²) < 4.78 is 4.37. The summed E-state index contributed by atoms with van der Waals surface area (Å²) in [4.78, 5) is 15.6. The molecular formula is C13H21N3O2S. The number of rotatable bonds is 7. The van der Waals surface area contributed by atoms with Gasteiger partial charge in [-0.3, -0.25) is 0 Å². The summed E-state index contributed by atoms with van der Waals surface area (Å²) in [5.74, 6) is 0.557. The fraction of sp³-hybridized carbons (Fsp3) is 0.769. The fourth-order valence-electron chi connectivity index (χ4n) is 2.46. The van der Waals surface area contributed by atoms with Gasteiger partial charge in [0.1, 0.15) is 11.9 Å². The Hall–Kier alpha value is -1.17. The normalized spacial score (nSPS) is 17.5. The molecule has 6 heteroatoms. The molecule has 0 aromatic carbocycles. The molecule has 1 heterocycles. The summed E-state index contributed by atoms with van der Waals surface area (Å²) in [5.41, 5.74) is 0. The van der Waals surface area contributed by atoms with Gasteiger partial charge in [0, 0.05) is 17.5 Å². The Morgan fingerprint density at radius 3 is 2.89 bits per heavy atom. The highest BCUT2D eigenvalue weighted by Gasteiger charge is 2.23. The molecule has 1 aromatic heterocycles. The maximum Gasteiger partial charge on any atom is 0.326 e. The number of aliphatic carboxylic acids is 1. The van der Waals surface area contributed by atoms with Gasteiger partial charge >= 0.3 is 5.97 Å². The lowest BCUT2D eigenvalue weighted by Crippen LogP contribution is -2.29. The number of carboxylic acid groups (broad SMARTS) is 1. The van der Waals surface area contributed by atoms with Crippen LogP contribution < -0.4 is 5.32 Å². The second-order valence-electron chi connectivity index (χ2n) is 5.12. The van der Waals surface area contributed by atoms with Crippen molar-refractivity contribution in [3.8, 4) is 0 Å². The second-order valence-corrected chi connectivity index (χ2v) is 5.87. The Kier molecular flexibility index (Phi) is 5.13. The van der Waals surface area contributed by atoms with Crippen LogP contribution in [0, 0.1) is 0 Å². The fourth-order valence-corrected chi connectivity index (χ4v) is 3.16. The predicted molar refractivity (Wildman–Crippen MR) is 75.7 cm³/mol. The number of carboxylic acids is 1. The lowest BCUT2D eigenvalue weighted by atomic mass is 10.1. The maximum atomic E-state index is 11.2. The summed E-state index contributed by atoms with van der Waals surface area (Å²) in [7, 11) is 0. The van der Waals surface area contributed by atoms with Gasteiger partial charge in [0.25, 0.3) is 0 Å². The van der Waals surface area contributed by atoms with Crippen molar-refractivity contribution in [2.45, 2.75) is 63.8 Å². The number of nitrogens with zero attached hydrogens (tertiary/aromatic N) is 2.